The molecule has 88 valence electrons. The van der Waals surface area contributed by atoms with Gasteiger partial charge in [0.2, 0.25) is 5.91 Å². The van der Waals surface area contributed by atoms with E-state index in [4.69, 9.17) is 16.7 Å². The highest BCUT2D eigenvalue weighted by molar-refractivity contribution is 5.93. The first-order valence-electron chi connectivity index (χ1n) is 5.31. The lowest BCUT2D eigenvalue weighted by molar-refractivity contribution is 0.100. The Hall–Kier alpha value is -2.80. The molecule has 0 aromatic heterocycles. The lowest BCUT2D eigenvalue weighted by Crippen LogP contribution is -2.10. The zero-order chi connectivity index (χ0) is 13.1. The second kappa shape index (κ2) is 4.60. The molecule has 0 bridgehead atoms. The quantitative estimate of drug-likeness (QED) is 0.781. The van der Waals surface area contributed by atoms with Gasteiger partial charge in [0.1, 0.15) is 6.07 Å². The van der Waals surface area contributed by atoms with E-state index < -0.39 is 5.91 Å². The summed E-state index contributed by atoms with van der Waals surface area (Å²) in [6.45, 7) is 0. The number of benzene rings is 2. The van der Waals surface area contributed by atoms with E-state index in [2.05, 4.69) is 0 Å². The molecule has 2 aromatic rings. The molecule has 0 unspecified atom stereocenters. The summed E-state index contributed by atoms with van der Waals surface area (Å²) in [4.78, 5) is 11.0. The summed E-state index contributed by atoms with van der Waals surface area (Å²) >= 11 is 0. The van der Waals surface area contributed by atoms with Crippen LogP contribution in [0.15, 0.2) is 42.5 Å². The van der Waals surface area contributed by atoms with Crippen molar-refractivity contribution in [3.8, 4) is 17.2 Å². The van der Waals surface area contributed by atoms with Crippen molar-refractivity contribution in [1.82, 2.24) is 0 Å². The van der Waals surface area contributed by atoms with Crippen molar-refractivity contribution in [2.24, 2.45) is 5.73 Å². The molecular formula is C14H11N3O. The fourth-order valence-corrected chi connectivity index (χ4v) is 1.66. The van der Waals surface area contributed by atoms with Crippen LogP contribution in [0, 0.1) is 11.3 Å². The molecule has 0 saturated heterocycles. The second-order valence-corrected chi connectivity index (χ2v) is 3.86. The molecule has 0 fully saturated rings. The third-order valence-corrected chi connectivity index (χ3v) is 2.68. The van der Waals surface area contributed by atoms with Gasteiger partial charge in [-0.25, -0.2) is 0 Å². The number of anilines is 1. The summed E-state index contributed by atoms with van der Waals surface area (Å²) < 4.78 is 0. The molecule has 2 rings (SSSR count). The largest absolute Gasteiger partial charge is 0.398 e. The Morgan fingerprint density at radius 3 is 2.22 bits per heavy atom. The normalized spacial score (nSPS) is 9.72. The number of rotatable bonds is 2. The highest BCUT2D eigenvalue weighted by Gasteiger charge is 2.04. The molecule has 0 atom stereocenters. The zero-order valence-electron chi connectivity index (χ0n) is 9.55. The van der Waals surface area contributed by atoms with E-state index in [0.29, 0.717) is 16.8 Å². The van der Waals surface area contributed by atoms with Crippen LogP contribution in [0.3, 0.4) is 0 Å². The third kappa shape index (κ3) is 2.15. The van der Waals surface area contributed by atoms with E-state index in [0.717, 1.165) is 11.1 Å². The number of hydrogen-bond acceptors (Lipinski definition) is 3. The number of primary amides is 1. The maximum atomic E-state index is 11.0. The van der Waals surface area contributed by atoms with Crippen molar-refractivity contribution in [3.05, 3.63) is 53.6 Å². The monoisotopic (exact) mass is 237 g/mol. The minimum absolute atomic E-state index is 0.437. The zero-order valence-corrected chi connectivity index (χ0v) is 9.55. The average Bonchev–Trinajstić information content (AvgIpc) is 2.39. The number of nitrogen functional groups attached to an aromatic ring is 1. The topological polar surface area (TPSA) is 92.9 Å². The van der Waals surface area contributed by atoms with Crippen molar-refractivity contribution >= 4 is 11.6 Å². The molecule has 0 aliphatic heterocycles. The van der Waals surface area contributed by atoms with Crippen LogP contribution in [0.1, 0.15) is 15.9 Å². The summed E-state index contributed by atoms with van der Waals surface area (Å²) in [5.41, 5.74) is 13.9. The highest BCUT2D eigenvalue weighted by atomic mass is 16.1. The van der Waals surface area contributed by atoms with Crippen molar-refractivity contribution in [2.75, 3.05) is 5.73 Å². The van der Waals surface area contributed by atoms with Crippen molar-refractivity contribution in [3.63, 3.8) is 0 Å². The smallest absolute Gasteiger partial charge is 0.248 e. The van der Waals surface area contributed by atoms with Crippen LogP contribution in [-0.4, -0.2) is 5.91 Å². The predicted octanol–water partition coefficient (Wildman–Crippen LogP) is 1.91. The van der Waals surface area contributed by atoms with Crippen LogP contribution >= 0.6 is 0 Å². The molecule has 0 saturated carbocycles. The second-order valence-electron chi connectivity index (χ2n) is 3.86. The lowest BCUT2D eigenvalue weighted by Gasteiger charge is -2.04. The number of nitriles is 1. The summed E-state index contributed by atoms with van der Waals surface area (Å²) in [6, 6.07) is 14.1. The Morgan fingerprint density at radius 2 is 1.67 bits per heavy atom. The molecule has 0 radical (unpaired) electrons. The van der Waals surface area contributed by atoms with E-state index in [1.54, 1.807) is 36.4 Å². The molecule has 4 nitrogen and oxygen atoms in total. The molecule has 18 heavy (non-hydrogen) atoms. The number of nitrogens with zero attached hydrogens (tertiary/aromatic N) is 1. The number of amides is 1. The maximum Gasteiger partial charge on any atom is 0.248 e. The van der Waals surface area contributed by atoms with Crippen LogP contribution in [-0.2, 0) is 0 Å². The van der Waals surface area contributed by atoms with Gasteiger partial charge in [-0.2, -0.15) is 5.26 Å². The Bertz CT molecular complexity index is 639. The SMILES string of the molecule is N#Cc1cc(-c2ccc(C(N)=O)cc2)ccc1N. The summed E-state index contributed by atoms with van der Waals surface area (Å²) in [6.07, 6.45) is 0. The molecule has 0 aliphatic rings. The number of carbonyl (C=O) groups excluding carboxylic acids is 1. The third-order valence-electron chi connectivity index (χ3n) is 2.68. The van der Waals surface area contributed by atoms with Crippen LogP contribution in [0.2, 0.25) is 0 Å². The molecule has 0 heterocycles. The minimum Gasteiger partial charge on any atom is -0.398 e. The number of hydrogen-bond donors (Lipinski definition) is 2. The van der Waals surface area contributed by atoms with Crippen molar-refractivity contribution in [1.29, 1.82) is 5.26 Å². The minimum atomic E-state index is -0.462. The van der Waals surface area contributed by atoms with Gasteiger partial charge in [-0.05, 0) is 35.4 Å². The fourth-order valence-electron chi connectivity index (χ4n) is 1.66. The Labute approximate surface area is 104 Å². The van der Waals surface area contributed by atoms with Crippen molar-refractivity contribution < 1.29 is 4.79 Å². The first kappa shape index (κ1) is 11.7. The standard InChI is InChI=1S/C14H11N3O/c15-8-12-7-11(5-6-13(12)16)9-1-3-10(4-2-9)14(17)18/h1-7H,16H2,(H2,17,18). The molecular weight excluding hydrogens is 226 g/mol. The Morgan fingerprint density at radius 1 is 1.06 bits per heavy atom. The summed E-state index contributed by atoms with van der Waals surface area (Å²) in [5, 5.41) is 8.92. The van der Waals surface area contributed by atoms with Crippen LogP contribution < -0.4 is 11.5 Å². The van der Waals surface area contributed by atoms with Gasteiger partial charge >= 0.3 is 0 Å². The predicted molar refractivity (Wildman–Crippen MR) is 69.5 cm³/mol. The molecule has 4 N–H and O–H groups in total. The maximum absolute atomic E-state index is 11.0. The fraction of sp³-hybridized carbons (Fsp3) is 0. The van der Waals surface area contributed by atoms with Gasteiger partial charge in [-0.15, -0.1) is 0 Å². The van der Waals surface area contributed by atoms with Crippen LogP contribution in [0.5, 0.6) is 0 Å². The molecule has 1 amide bonds. The summed E-state index contributed by atoms with van der Waals surface area (Å²) in [7, 11) is 0. The average molecular weight is 237 g/mol. The molecule has 4 heteroatoms. The summed E-state index contributed by atoms with van der Waals surface area (Å²) in [5.74, 6) is -0.462. The molecule has 2 aromatic carbocycles. The van der Waals surface area contributed by atoms with Crippen molar-refractivity contribution in [2.45, 2.75) is 0 Å². The van der Waals surface area contributed by atoms with Gasteiger partial charge in [0.15, 0.2) is 0 Å². The van der Waals surface area contributed by atoms with E-state index in [1.807, 2.05) is 12.1 Å². The first-order valence-corrected chi connectivity index (χ1v) is 5.31. The van der Waals surface area contributed by atoms with Gasteiger partial charge in [-0.1, -0.05) is 18.2 Å². The Balaban J connectivity index is 2.43. The van der Waals surface area contributed by atoms with Crippen LogP contribution in [0.4, 0.5) is 5.69 Å². The van der Waals surface area contributed by atoms with Gasteiger partial charge in [0.25, 0.3) is 0 Å². The molecule has 0 aliphatic carbocycles. The van der Waals surface area contributed by atoms with Crippen LogP contribution in [0.25, 0.3) is 11.1 Å². The van der Waals surface area contributed by atoms with Gasteiger partial charge < -0.3 is 11.5 Å². The van der Waals surface area contributed by atoms with E-state index >= 15 is 0 Å². The lowest BCUT2D eigenvalue weighted by atomic mass is 10.0. The first-order chi connectivity index (χ1) is 8.61. The van der Waals surface area contributed by atoms with E-state index in [-0.39, 0.29) is 0 Å². The number of nitrogens with two attached hydrogens (primary N) is 2. The molecule has 0 spiro atoms. The number of carbonyl (C=O) groups is 1. The van der Waals surface area contributed by atoms with E-state index in [1.165, 1.54) is 0 Å². The Kier molecular flexibility index (Phi) is 2.98. The van der Waals surface area contributed by atoms with E-state index in [9.17, 15) is 4.79 Å². The van der Waals surface area contributed by atoms with Gasteiger partial charge in [0.05, 0.1) is 5.56 Å². The van der Waals surface area contributed by atoms with Gasteiger partial charge in [-0.3, -0.25) is 4.79 Å². The van der Waals surface area contributed by atoms with Gasteiger partial charge in [0, 0.05) is 11.3 Å². The highest BCUT2D eigenvalue weighted by Crippen LogP contribution is 2.23.